The average molecular weight is 278 g/mol. The quantitative estimate of drug-likeness (QED) is 0.754. The lowest BCUT2D eigenvalue weighted by atomic mass is 10.0. The molecule has 0 radical (unpaired) electrons. The van der Waals surface area contributed by atoms with Crippen LogP contribution in [0.2, 0.25) is 0 Å². The minimum absolute atomic E-state index is 0.334. The van der Waals surface area contributed by atoms with Crippen LogP contribution >= 0.6 is 0 Å². The summed E-state index contributed by atoms with van der Waals surface area (Å²) in [7, 11) is 3.91. The second-order valence-corrected chi connectivity index (χ2v) is 5.68. The Labute approximate surface area is 124 Å². The van der Waals surface area contributed by atoms with Gasteiger partial charge in [-0.1, -0.05) is 31.5 Å². The molecular weight excluding hydrogens is 248 g/mol. The van der Waals surface area contributed by atoms with Gasteiger partial charge in [-0.15, -0.1) is 0 Å². The third-order valence-corrected chi connectivity index (χ3v) is 3.97. The van der Waals surface area contributed by atoms with Crippen molar-refractivity contribution in [1.82, 2.24) is 4.90 Å². The van der Waals surface area contributed by atoms with Crippen LogP contribution in [0, 0.1) is 0 Å². The molecule has 0 aromatic heterocycles. The average Bonchev–Trinajstić information content (AvgIpc) is 2.45. The Bertz CT molecular complexity index is 381. The molecule has 2 N–H and O–H groups in total. The molecule has 0 saturated carbocycles. The van der Waals surface area contributed by atoms with Gasteiger partial charge in [0.15, 0.2) is 0 Å². The molecule has 114 valence electrons. The lowest BCUT2D eigenvalue weighted by molar-refractivity contribution is 0.243. The number of nitrogens with zero attached hydrogens (tertiary/aromatic N) is 1. The SMILES string of the molecule is CCCC(N)CCN(C)C(C)Cc1ccccc1OC. The molecule has 0 spiro atoms. The summed E-state index contributed by atoms with van der Waals surface area (Å²) in [5.41, 5.74) is 7.35. The maximum atomic E-state index is 6.08. The van der Waals surface area contributed by atoms with Crippen molar-refractivity contribution in [1.29, 1.82) is 0 Å². The first-order chi connectivity index (χ1) is 9.58. The molecule has 0 amide bonds. The molecule has 2 unspecified atom stereocenters. The number of para-hydroxylation sites is 1. The Balaban J connectivity index is 2.46. The highest BCUT2D eigenvalue weighted by Crippen LogP contribution is 2.20. The highest BCUT2D eigenvalue weighted by atomic mass is 16.5. The second kappa shape index (κ2) is 8.98. The van der Waals surface area contributed by atoms with Gasteiger partial charge < -0.3 is 15.4 Å². The first-order valence-electron chi connectivity index (χ1n) is 7.66. The smallest absolute Gasteiger partial charge is 0.122 e. The molecule has 0 saturated heterocycles. The van der Waals surface area contributed by atoms with Crippen LogP contribution in [0.4, 0.5) is 0 Å². The third kappa shape index (κ3) is 5.51. The molecule has 3 nitrogen and oxygen atoms in total. The number of rotatable bonds is 9. The summed E-state index contributed by atoms with van der Waals surface area (Å²) in [6.45, 7) is 5.50. The number of ether oxygens (including phenoxy) is 1. The fourth-order valence-corrected chi connectivity index (χ4v) is 2.45. The monoisotopic (exact) mass is 278 g/mol. The summed E-state index contributed by atoms with van der Waals surface area (Å²) in [4.78, 5) is 2.39. The van der Waals surface area contributed by atoms with Crippen molar-refractivity contribution in [3.8, 4) is 5.75 Å². The predicted molar refractivity (Wildman–Crippen MR) is 86.3 cm³/mol. The van der Waals surface area contributed by atoms with Crippen LogP contribution in [0.1, 0.15) is 38.7 Å². The van der Waals surface area contributed by atoms with E-state index in [1.54, 1.807) is 7.11 Å². The van der Waals surface area contributed by atoms with Gasteiger partial charge in [0.25, 0.3) is 0 Å². The van der Waals surface area contributed by atoms with Gasteiger partial charge in [-0.2, -0.15) is 0 Å². The molecule has 0 fully saturated rings. The zero-order valence-corrected chi connectivity index (χ0v) is 13.4. The molecule has 0 aliphatic rings. The number of hydrogen-bond donors (Lipinski definition) is 1. The van der Waals surface area contributed by atoms with Crippen molar-refractivity contribution in [3.63, 3.8) is 0 Å². The molecule has 0 heterocycles. The zero-order valence-electron chi connectivity index (χ0n) is 13.4. The standard InChI is InChI=1S/C17H30N2O/c1-5-8-16(18)11-12-19(3)14(2)13-15-9-6-7-10-17(15)20-4/h6-7,9-10,14,16H,5,8,11-13,18H2,1-4H3. The van der Waals surface area contributed by atoms with E-state index in [-0.39, 0.29) is 0 Å². The fourth-order valence-electron chi connectivity index (χ4n) is 2.45. The van der Waals surface area contributed by atoms with Gasteiger partial charge in [-0.05, 0) is 51.4 Å². The maximum absolute atomic E-state index is 6.08. The van der Waals surface area contributed by atoms with E-state index in [9.17, 15) is 0 Å². The Kier molecular flexibility index (Phi) is 7.63. The van der Waals surface area contributed by atoms with Crippen LogP contribution in [-0.4, -0.2) is 37.7 Å². The van der Waals surface area contributed by atoms with E-state index < -0.39 is 0 Å². The van der Waals surface area contributed by atoms with Gasteiger partial charge >= 0.3 is 0 Å². The van der Waals surface area contributed by atoms with Crippen LogP contribution in [-0.2, 0) is 6.42 Å². The Morgan fingerprint density at radius 2 is 1.95 bits per heavy atom. The van der Waals surface area contributed by atoms with Crippen molar-refractivity contribution < 1.29 is 4.74 Å². The molecule has 1 aromatic carbocycles. The van der Waals surface area contributed by atoms with Crippen LogP contribution in [0.5, 0.6) is 5.75 Å². The van der Waals surface area contributed by atoms with Gasteiger partial charge in [0.1, 0.15) is 5.75 Å². The topological polar surface area (TPSA) is 38.5 Å². The van der Waals surface area contributed by atoms with Gasteiger partial charge in [0.05, 0.1) is 7.11 Å². The molecule has 2 atom stereocenters. The largest absolute Gasteiger partial charge is 0.496 e. The second-order valence-electron chi connectivity index (χ2n) is 5.68. The molecule has 0 bridgehead atoms. The Hall–Kier alpha value is -1.06. The van der Waals surface area contributed by atoms with Crippen LogP contribution in [0.25, 0.3) is 0 Å². The van der Waals surface area contributed by atoms with Crippen molar-refractivity contribution >= 4 is 0 Å². The molecule has 1 rings (SSSR count). The predicted octanol–water partition coefficient (Wildman–Crippen LogP) is 3.08. The van der Waals surface area contributed by atoms with Crippen molar-refractivity contribution in [3.05, 3.63) is 29.8 Å². The molecule has 1 aromatic rings. The lowest BCUT2D eigenvalue weighted by Gasteiger charge is -2.26. The van der Waals surface area contributed by atoms with E-state index >= 15 is 0 Å². The van der Waals surface area contributed by atoms with Crippen molar-refractivity contribution in [2.45, 2.75) is 51.6 Å². The summed E-state index contributed by atoms with van der Waals surface area (Å²) in [5, 5.41) is 0. The van der Waals surface area contributed by atoms with E-state index in [4.69, 9.17) is 10.5 Å². The van der Waals surface area contributed by atoms with E-state index in [2.05, 4.69) is 37.9 Å². The highest BCUT2D eigenvalue weighted by Gasteiger charge is 2.13. The first kappa shape index (κ1) is 17.0. The molecule has 3 heteroatoms. The van der Waals surface area contributed by atoms with Crippen LogP contribution in [0.3, 0.4) is 0 Å². The number of methoxy groups -OCH3 is 1. The van der Waals surface area contributed by atoms with Crippen molar-refractivity contribution in [2.24, 2.45) is 5.73 Å². The van der Waals surface area contributed by atoms with Gasteiger partial charge in [-0.3, -0.25) is 0 Å². The minimum atomic E-state index is 0.334. The fraction of sp³-hybridized carbons (Fsp3) is 0.647. The number of benzene rings is 1. The van der Waals surface area contributed by atoms with Crippen LogP contribution < -0.4 is 10.5 Å². The lowest BCUT2D eigenvalue weighted by Crippen LogP contribution is -2.35. The van der Waals surface area contributed by atoms with E-state index in [0.29, 0.717) is 12.1 Å². The van der Waals surface area contributed by atoms with E-state index in [0.717, 1.165) is 31.6 Å². The highest BCUT2D eigenvalue weighted by molar-refractivity contribution is 5.33. The van der Waals surface area contributed by atoms with Crippen molar-refractivity contribution in [2.75, 3.05) is 20.7 Å². The molecule has 20 heavy (non-hydrogen) atoms. The molecule has 0 aliphatic heterocycles. The van der Waals surface area contributed by atoms with E-state index in [1.165, 1.54) is 12.0 Å². The normalized spacial score (nSPS) is 14.3. The summed E-state index contributed by atoms with van der Waals surface area (Å²) in [5.74, 6) is 0.982. The van der Waals surface area contributed by atoms with Gasteiger partial charge in [-0.25, -0.2) is 0 Å². The zero-order chi connectivity index (χ0) is 15.0. The summed E-state index contributed by atoms with van der Waals surface area (Å²) in [6, 6.07) is 9.08. The van der Waals surface area contributed by atoms with Gasteiger partial charge in [0.2, 0.25) is 0 Å². The number of nitrogens with two attached hydrogens (primary N) is 1. The molecule has 0 aliphatic carbocycles. The Morgan fingerprint density at radius 1 is 1.25 bits per heavy atom. The Morgan fingerprint density at radius 3 is 2.60 bits per heavy atom. The molecular formula is C17H30N2O. The third-order valence-electron chi connectivity index (χ3n) is 3.97. The van der Waals surface area contributed by atoms with E-state index in [1.807, 2.05) is 12.1 Å². The minimum Gasteiger partial charge on any atom is -0.496 e. The van der Waals surface area contributed by atoms with Gasteiger partial charge in [0, 0.05) is 12.1 Å². The number of likely N-dealkylation sites (N-methyl/N-ethyl adjacent to an activating group) is 1. The maximum Gasteiger partial charge on any atom is 0.122 e. The number of hydrogen-bond acceptors (Lipinski definition) is 3. The summed E-state index contributed by atoms with van der Waals surface area (Å²) < 4.78 is 5.42. The first-order valence-corrected chi connectivity index (χ1v) is 7.66. The van der Waals surface area contributed by atoms with Crippen LogP contribution in [0.15, 0.2) is 24.3 Å². The summed E-state index contributed by atoms with van der Waals surface area (Å²) in [6.07, 6.45) is 4.36. The summed E-state index contributed by atoms with van der Waals surface area (Å²) >= 11 is 0.